The van der Waals surface area contributed by atoms with Crippen molar-refractivity contribution in [3.05, 3.63) is 46.8 Å². The number of carbonyl (C=O) groups is 1. The van der Waals surface area contributed by atoms with Crippen molar-refractivity contribution in [2.45, 2.75) is 18.0 Å². The van der Waals surface area contributed by atoms with Crippen molar-refractivity contribution in [1.29, 1.82) is 0 Å². The van der Waals surface area contributed by atoms with Crippen molar-refractivity contribution in [2.24, 2.45) is 7.05 Å². The lowest BCUT2D eigenvalue weighted by molar-refractivity contribution is -0.127. The van der Waals surface area contributed by atoms with Crippen LogP contribution in [0, 0.1) is 0 Å². The molecule has 134 valence electrons. The number of likely N-dealkylation sites (tertiary alicyclic amines) is 1. The lowest BCUT2D eigenvalue weighted by Crippen LogP contribution is -2.29. The van der Waals surface area contributed by atoms with Gasteiger partial charge in [0.05, 0.1) is 11.3 Å². The van der Waals surface area contributed by atoms with Gasteiger partial charge in [-0.3, -0.25) is 14.2 Å². The minimum Gasteiger partial charge on any atom is -0.342 e. The Morgan fingerprint density at radius 1 is 1.23 bits per heavy atom. The molecule has 0 bridgehead atoms. The average molecular weight is 386 g/mol. The summed E-state index contributed by atoms with van der Waals surface area (Å²) in [5.41, 5.74) is 1.72. The zero-order valence-electron chi connectivity index (χ0n) is 14.5. The van der Waals surface area contributed by atoms with Crippen molar-refractivity contribution < 1.29 is 4.79 Å². The maximum atomic E-state index is 12.7. The van der Waals surface area contributed by atoms with Crippen LogP contribution in [0.1, 0.15) is 12.8 Å². The minimum absolute atomic E-state index is 0.0571. The number of nitrogens with zero attached hydrogens (tertiary/aromatic N) is 3. The fraction of sp³-hybridized carbons (Fsp3) is 0.316. The molecule has 1 amide bonds. The van der Waals surface area contributed by atoms with Crippen LogP contribution < -0.4 is 5.56 Å². The van der Waals surface area contributed by atoms with Crippen LogP contribution in [0.3, 0.4) is 0 Å². The van der Waals surface area contributed by atoms with Crippen molar-refractivity contribution in [3.63, 3.8) is 0 Å². The van der Waals surface area contributed by atoms with Gasteiger partial charge in [0, 0.05) is 25.0 Å². The van der Waals surface area contributed by atoms with Crippen LogP contribution in [-0.2, 0) is 11.8 Å². The Labute approximate surface area is 159 Å². The summed E-state index contributed by atoms with van der Waals surface area (Å²) in [4.78, 5) is 32.5. The smallest absolute Gasteiger partial charge is 0.271 e. The molecule has 26 heavy (non-hydrogen) atoms. The molecule has 3 heterocycles. The monoisotopic (exact) mass is 385 g/mol. The lowest BCUT2D eigenvalue weighted by Gasteiger charge is -2.15. The molecule has 0 atom stereocenters. The molecule has 4 rings (SSSR count). The Morgan fingerprint density at radius 2 is 1.96 bits per heavy atom. The van der Waals surface area contributed by atoms with E-state index in [1.165, 1.54) is 23.1 Å². The third-order valence-corrected chi connectivity index (χ3v) is 6.73. The molecule has 0 aliphatic carbocycles. The van der Waals surface area contributed by atoms with Gasteiger partial charge in [0.15, 0.2) is 5.16 Å². The first-order valence-electron chi connectivity index (χ1n) is 8.60. The Balaban J connectivity index is 1.62. The summed E-state index contributed by atoms with van der Waals surface area (Å²) in [5.74, 6) is 0.443. The summed E-state index contributed by atoms with van der Waals surface area (Å²) in [6.45, 7) is 1.69. The highest BCUT2D eigenvalue weighted by atomic mass is 32.2. The van der Waals surface area contributed by atoms with Crippen molar-refractivity contribution in [1.82, 2.24) is 14.5 Å². The van der Waals surface area contributed by atoms with Gasteiger partial charge < -0.3 is 4.90 Å². The normalized spacial score (nSPS) is 14.3. The zero-order valence-corrected chi connectivity index (χ0v) is 16.1. The molecule has 2 aromatic heterocycles. The molecule has 1 aliphatic rings. The number of thioether (sulfide) groups is 1. The van der Waals surface area contributed by atoms with Crippen LogP contribution in [0.4, 0.5) is 0 Å². The van der Waals surface area contributed by atoms with Crippen LogP contribution in [0.2, 0.25) is 0 Å². The summed E-state index contributed by atoms with van der Waals surface area (Å²) in [5, 5.41) is 0.590. The highest BCUT2D eigenvalue weighted by Gasteiger charge is 2.19. The Hall–Kier alpha value is -2.12. The van der Waals surface area contributed by atoms with E-state index in [0.29, 0.717) is 21.1 Å². The summed E-state index contributed by atoms with van der Waals surface area (Å²) in [6.07, 6.45) is 2.16. The summed E-state index contributed by atoms with van der Waals surface area (Å²) >= 11 is 2.81. The van der Waals surface area contributed by atoms with Gasteiger partial charge in [-0.1, -0.05) is 42.1 Å². The molecule has 1 aromatic carbocycles. The molecule has 1 aliphatic heterocycles. The Bertz CT molecular complexity index is 1000. The summed E-state index contributed by atoms with van der Waals surface area (Å²) < 4.78 is 2.21. The molecule has 7 heteroatoms. The predicted molar refractivity (Wildman–Crippen MR) is 107 cm³/mol. The average Bonchev–Trinajstić information content (AvgIpc) is 3.34. The number of thiophene rings is 1. The number of carbonyl (C=O) groups excluding carboxylic acids is 1. The van der Waals surface area contributed by atoms with E-state index in [2.05, 4.69) is 4.98 Å². The van der Waals surface area contributed by atoms with Crippen molar-refractivity contribution >= 4 is 39.2 Å². The number of amides is 1. The largest absolute Gasteiger partial charge is 0.342 e. The third-order valence-electron chi connectivity index (χ3n) is 4.56. The van der Waals surface area contributed by atoms with E-state index < -0.39 is 0 Å². The van der Waals surface area contributed by atoms with Gasteiger partial charge in [0.2, 0.25) is 5.91 Å². The molecular weight excluding hydrogens is 366 g/mol. The number of fused-ring (bicyclic) bond motifs is 1. The van der Waals surface area contributed by atoms with Gasteiger partial charge >= 0.3 is 0 Å². The molecular formula is C19H19N3O2S2. The summed E-state index contributed by atoms with van der Waals surface area (Å²) in [7, 11) is 1.72. The second-order valence-corrected chi connectivity index (χ2v) is 8.32. The van der Waals surface area contributed by atoms with E-state index in [4.69, 9.17) is 0 Å². The van der Waals surface area contributed by atoms with Gasteiger partial charge in [-0.15, -0.1) is 11.3 Å². The van der Waals surface area contributed by atoms with Gasteiger partial charge in [-0.05, 0) is 24.5 Å². The number of benzene rings is 1. The summed E-state index contributed by atoms with van der Waals surface area (Å²) in [6, 6.07) is 12.0. The SMILES string of the molecule is Cn1c(SCC(=O)N2CCCC2)nc2cc(-c3ccccc3)sc2c1=O. The number of hydrogen-bond donors (Lipinski definition) is 0. The van der Waals surface area contributed by atoms with Crippen LogP contribution in [0.5, 0.6) is 0 Å². The van der Waals surface area contributed by atoms with Crippen LogP contribution in [-0.4, -0.2) is 39.2 Å². The molecule has 3 aromatic rings. The second kappa shape index (κ2) is 7.25. The van der Waals surface area contributed by atoms with E-state index in [1.54, 1.807) is 11.6 Å². The number of rotatable bonds is 4. The molecule has 0 unspecified atom stereocenters. The zero-order chi connectivity index (χ0) is 18.1. The molecule has 0 radical (unpaired) electrons. The molecule has 0 saturated carbocycles. The number of aromatic nitrogens is 2. The molecule has 0 N–H and O–H groups in total. The van der Waals surface area contributed by atoms with E-state index in [9.17, 15) is 9.59 Å². The Morgan fingerprint density at radius 3 is 2.69 bits per heavy atom. The van der Waals surface area contributed by atoms with Crippen molar-refractivity contribution in [3.8, 4) is 10.4 Å². The van der Waals surface area contributed by atoms with Crippen molar-refractivity contribution in [2.75, 3.05) is 18.8 Å². The van der Waals surface area contributed by atoms with E-state index in [0.717, 1.165) is 36.4 Å². The minimum atomic E-state index is -0.0571. The molecule has 1 saturated heterocycles. The highest BCUT2D eigenvalue weighted by molar-refractivity contribution is 7.99. The van der Waals surface area contributed by atoms with Crippen LogP contribution in [0.25, 0.3) is 20.7 Å². The quantitative estimate of drug-likeness (QED) is 0.510. The molecule has 1 fully saturated rings. The topological polar surface area (TPSA) is 55.2 Å². The second-order valence-electron chi connectivity index (χ2n) is 6.33. The lowest BCUT2D eigenvalue weighted by atomic mass is 10.2. The first-order chi connectivity index (χ1) is 12.6. The van der Waals surface area contributed by atoms with Crippen LogP contribution in [0.15, 0.2) is 46.3 Å². The van der Waals surface area contributed by atoms with Crippen LogP contribution >= 0.6 is 23.1 Å². The van der Waals surface area contributed by atoms with Gasteiger partial charge in [0.1, 0.15) is 4.70 Å². The molecule has 5 nitrogen and oxygen atoms in total. The fourth-order valence-corrected chi connectivity index (χ4v) is 5.05. The van der Waals surface area contributed by atoms with Gasteiger partial charge in [-0.25, -0.2) is 4.98 Å². The van der Waals surface area contributed by atoms with E-state index in [-0.39, 0.29) is 11.5 Å². The first kappa shape index (κ1) is 17.3. The number of hydrogen-bond acceptors (Lipinski definition) is 5. The standard InChI is InChI=1S/C19H19N3O2S2/c1-21-18(24)17-14(11-15(26-17)13-7-3-2-4-8-13)20-19(21)25-12-16(23)22-9-5-6-10-22/h2-4,7-8,11H,5-6,9-10,12H2,1H3. The van der Waals surface area contributed by atoms with E-state index in [1.807, 2.05) is 41.3 Å². The van der Waals surface area contributed by atoms with Gasteiger partial charge in [-0.2, -0.15) is 0 Å². The Kier molecular flexibility index (Phi) is 4.82. The molecule has 0 spiro atoms. The first-order valence-corrected chi connectivity index (χ1v) is 10.4. The highest BCUT2D eigenvalue weighted by Crippen LogP contribution is 2.31. The third kappa shape index (κ3) is 3.29. The maximum Gasteiger partial charge on any atom is 0.271 e. The fourth-order valence-electron chi connectivity index (χ4n) is 3.09. The van der Waals surface area contributed by atoms with Gasteiger partial charge in [0.25, 0.3) is 5.56 Å². The maximum absolute atomic E-state index is 12.7. The van der Waals surface area contributed by atoms with E-state index >= 15 is 0 Å². The predicted octanol–water partition coefficient (Wildman–Crippen LogP) is 3.38.